The molecule has 1 saturated heterocycles. The summed E-state index contributed by atoms with van der Waals surface area (Å²) in [5.41, 5.74) is 0. The quantitative estimate of drug-likeness (QED) is 0.357. The SMILES string of the molecule is CN=C(NCC(C)CN1CCOCC1)NCC(C)(C)SC.I. The molecular weight excluding hydrogens is 411 g/mol. The molecule has 1 fully saturated rings. The van der Waals surface area contributed by atoms with Gasteiger partial charge in [0.1, 0.15) is 0 Å². The number of halogens is 1. The van der Waals surface area contributed by atoms with Gasteiger partial charge in [0.05, 0.1) is 13.2 Å². The van der Waals surface area contributed by atoms with E-state index in [-0.39, 0.29) is 28.7 Å². The van der Waals surface area contributed by atoms with Crippen LogP contribution in [0.3, 0.4) is 0 Å². The van der Waals surface area contributed by atoms with E-state index in [0.29, 0.717) is 5.92 Å². The maximum absolute atomic E-state index is 5.38. The molecule has 0 aromatic carbocycles. The molecule has 7 heteroatoms. The largest absolute Gasteiger partial charge is 0.379 e. The molecule has 22 heavy (non-hydrogen) atoms. The van der Waals surface area contributed by atoms with Gasteiger partial charge in [0, 0.05) is 44.5 Å². The van der Waals surface area contributed by atoms with Crippen LogP contribution in [0.2, 0.25) is 0 Å². The van der Waals surface area contributed by atoms with Crippen molar-refractivity contribution in [2.45, 2.75) is 25.5 Å². The van der Waals surface area contributed by atoms with Crippen LogP contribution < -0.4 is 10.6 Å². The summed E-state index contributed by atoms with van der Waals surface area (Å²) < 4.78 is 5.60. The zero-order valence-corrected chi connectivity index (χ0v) is 17.8. The minimum Gasteiger partial charge on any atom is -0.379 e. The van der Waals surface area contributed by atoms with Crippen LogP contribution in [0.1, 0.15) is 20.8 Å². The van der Waals surface area contributed by atoms with Crippen molar-refractivity contribution in [2.75, 3.05) is 59.2 Å². The number of aliphatic imine (C=N–C) groups is 1. The number of morpholine rings is 1. The van der Waals surface area contributed by atoms with Crippen LogP contribution in [-0.4, -0.2) is 74.8 Å². The summed E-state index contributed by atoms with van der Waals surface area (Å²) in [7, 11) is 1.83. The third-order valence-corrected chi connectivity index (χ3v) is 5.00. The number of nitrogens with one attached hydrogen (secondary N) is 2. The van der Waals surface area contributed by atoms with Gasteiger partial charge in [-0.25, -0.2) is 0 Å². The molecule has 0 bridgehead atoms. The van der Waals surface area contributed by atoms with Crippen molar-refractivity contribution < 1.29 is 4.74 Å². The normalized spacial score (nSPS) is 18.5. The van der Waals surface area contributed by atoms with E-state index in [2.05, 4.69) is 47.6 Å². The molecule has 1 atom stereocenters. The number of rotatable bonds is 7. The van der Waals surface area contributed by atoms with Gasteiger partial charge in [-0.3, -0.25) is 9.89 Å². The highest BCUT2D eigenvalue weighted by atomic mass is 127. The predicted molar refractivity (Wildman–Crippen MR) is 109 cm³/mol. The molecule has 2 N–H and O–H groups in total. The van der Waals surface area contributed by atoms with Crippen molar-refractivity contribution in [1.29, 1.82) is 0 Å². The molecule has 5 nitrogen and oxygen atoms in total. The van der Waals surface area contributed by atoms with E-state index in [4.69, 9.17) is 4.74 Å². The average Bonchev–Trinajstić information content (AvgIpc) is 2.48. The minimum absolute atomic E-state index is 0. The number of thioether (sulfide) groups is 1. The third-order valence-electron chi connectivity index (χ3n) is 3.75. The van der Waals surface area contributed by atoms with Crippen LogP contribution in [0, 0.1) is 5.92 Å². The van der Waals surface area contributed by atoms with Crippen LogP contribution in [0.15, 0.2) is 4.99 Å². The van der Waals surface area contributed by atoms with Gasteiger partial charge in [0.15, 0.2) is 5.96 Å². The zero-order valence-electron chi connectivity index (χ0n) is 14.6. The third kappa shape index (κ3) is 9.42. The first kappa shape index (κ1) is 22.3. The summed E-state index contributed by atoms with van der Waals surface area (Å²) in [5.74, 6) is 1.49. The van der Waals surface area contributed by atoms with Crippen LogP contribution in [-0.2, 0) is 4.74 Å². The number of guanidine groups is 1. The fraction of sp³-hybridized carbons (Fsp3) is 0.933. The van der Waals surface area contributed by atoms with Gasteiger partial charge in [0.25, 0.3) is 0 Å². The molecule has 132 valence electrons. The van der Waals surface area contributed by atoms with Crippen molar-refractivity contribution in [3.8, 4) is 0 Å². The average molecular weight is 444 g/mol. The summed E-state index contributed by atoms with van der Waals surface area (Å²) in [6.07, 6.45) is 2.14. The Labute approximate surface area is 157 Å². The van der Waals surface area contributed by atoms with E-state index in [1.807, 2.05) is 18.8 Å². The Morgan fingerprint density at radius 3 is 2.50 bits per heavy atom. The molecule has 0 aromatic heterocycles. The molecular formula is C15H33IN4OS. The number of ether oxygens (including phenoxy) is 1. The van der Waals surface area contributed by atoms with E-state index in [9.17, 15) is 0 Å². The smallest absolute Gasteiger partial charge is 0.191 e. The van der Waals surface area contributed by atoms with Crippen molar-refractivity contribution >= 4 is 41.7 Å². The fourth-order valence-corrected chi connectivity index (χ4v) is 2.37. The Balaban J connectivity index is 0.00000441. The number of nitrogens with zero attached hydrogens (tertiary/aromatic N) is 2. The van der Waals surface area contributed by atoms with Crippen molar-refractivity contribution in [3.05, 3.63) is 0 Å². The molecule has 1 rings (SSSR count). The van der Waals surface area contributed by atoms with Gasteiger partial charge in [-0.2, -0.15) is 11.8 Å². The van der Waals surface area contributed by atoms with Gasteiger partial charge in [0.2, 0.25) is 0 Å². The van der Waals surface area contributed by atoms with Gasteiger partial charge < -0.3 is 15.4 Å². The highest BCUT2D eigenvalue weighted by Gasteiger charge is 2.17. The Bertz CT molecular complexity index is 323. The van der Waals surface area contributed by atoms with E-state index in [0.717, 1.165) is 51.9 Å². The molecule has 0 spiro atoms. The van der Waals surface area contributed by atoms with Crippen molar-refractivity contribution in [3.63, 3.8) is 0 Å². The summed E-state index contributed by atoms with van der Waals surface area (Å²) in [6.45, 7) is 13.6. The summed E-state index contributed by atoms with van der Waals surface area (Å²) in [6, 6.07) is 0. The van der Waals surface area contributed by atoms with Crippen LogP contribution in [0.5, 0.6) is 0 Å². The van der Waals surface area contributed by atoms with Gasteiger partial charge in [-0.1, -0.05) is 6.92 Å². The first-order chi connectivity index (χ1) is 9.96. The Morgan fingerprint density at radius 1 is 1.32 bits per heavy atom. The molecule has 1 heterocycles. The topological polar surface area (TPSA) is 48.9 Å². The highest BCUT2D eigenvalue weighted by Crippen LogP contribution is 2.19. The van der Waals surface area contributed by atoms with Gasteiger partial charge >= 0.3 is 0 Å². The first-order valence-corrected chi connectivity index (χ1v) is 8.99. The van der Waals surface area contributed by atoms with E-state index in [1.54, 1.807) is 0 Å². The molecule has 0 radical (unpaired) electrons. The zero-order chi connectivity index (χ0) is 15.7. The second-order valence-corrected chi connectivity index (χ2v) is 7.80. The van der Waals surface area contributed by atoms with Gasteiger partial charge in [-0.15, -0.1) is 24.0 Å². The lowest BCUT2D eigenvalue weighted by Gasteiger charge is -2.29. The minimum atomic E-state index is 0. The van der Waals surface area contributed by atoms with E-state index in [1.165, 1.54) is 0 Å². The predicted octanol–water partition coefficient (Wildman–Crippen LogP) is 1.88. The summed E-state index contributed by atoms with van der Waals surface area (Å²) in [5, 5.41) is 6.83. The Hall–Kier alpha value is 0.270. The van der Waals surface area contributed by atoms with Crippen molar-refractivity contribution in [2.24, 2.45) is 10.9 Å². The molecule has 1 aliphatic rings. The lowest BCUT2D eigenvalue weighted by atomic mass is 10.1. The second-order valence-electron chi connectivity index (χ2n) is 6.29. The standard InChI is InChI=1S/C15H32N4OS.HI/c1-13(11-19-6-8-20-9-7-19)10-17-14(16-4)18-12-15(2,3)21-5;/h13H,6-12H2,1-5H3,(H2,16,17,18);1H. The maximum atomic E-state index is 5.38. The van der Waals surface area contributed by atoms with Crippen LogP contribution in [0.25, 0.3) is 0 Å². The monoisotopic (exact) mass is 444 g/mol. The van der Waals surface area contributed by atoms with Gasteiger partial charge in [-0.05, 0) is 26.0 Å². The Morgan fingerprint density at radius 2 is 1.95 bits per heavy atom. The lowest BCUT2D eigenvalue weighted by Crippen LogP contribution is -2.46. The molecule has 1 aliphatic heterocycles. The first-order valence-electron chi connectivity index (χ1n) is 7.76. The number of hydrogen-bond donors (Lipinski definition) is 2. The summed E-state index contributed by atoms with van der Waals surface area (Å²) >= 11 is 1.86. The Kier molecular flexibility index (Phi) is 11.9. The van der Waals surface area contributed by atoms with Crippen LogP contribution >= 0.6 is 35.7 Å². The van der Waals surface area contributed by atoms with E-state index >= 15 is 0 Å². The number of hydrogen-bond acceptors (Lipinski definition) is 4. The van der Waals surface area contributed by atoms with Crippen LogP contribution in [0.4, 0.5) is 0 Å². The molecule has 0 amide bonds. The second kappa shape index (κ2) is 11.8. The molecule has 0 saturated carbocycles. The maximum Gasteiger partial charge on any atom is 0.191 e. The molecule has 1 unspecified atom stereocenters. The summed E-state index contributed by atoms with van der Waals surface area (Å²) in [4.78, 5) is 6.77. The fourth-order valence-electron chi connectivity index (χ4n) is 2.15. The highest BCUT2D eigenvalue weighted by molar-refractivity contribution is 14.0. The van der Waals surface area contributed by atoms with E-state index < -0.39 is 0 Å². The van der Waals surface area contributed by atoms with Crippen molar-refractivity contribution in [1.82, 2.24) is 15.5 Å². The molecule has 0 aromatic rings. The molecule has 0 aliphatic carbocycles. The lowest BCUT2D eigenvalue weighted by molar-refractivity contribution is 0.0320.